The number of nitrogen functional groups attached to an aromatic ring is 1. The molecule has 1 aromatic heterocycles. The zero-order valence-electron chi connectivity index (χ0n) is 10.4. The van der Waals surface area contributed by atoms with Gasteiger partial charge in [0.25, 0.3) is 5.91 Å². The molecule has 2 aromatic rings. The van der Waals surface area contributed by atoms with E-state index in [1.165, 1.54) is 18.5 Å². The van der Waals surface area contributed by atoms with E-state index in [0.29, 0.717) is 0 Å². The molecule has 4 nitrogen and oxygen atoms in total. The topological polar surface area (TPSA) is 68.0 Å². The number of aromatic nitrogens is 1. The summed E-state index contributed by atoms with van der Waals surface area (Å²) in [6.07, 6.45) is -1.83. The van der Waals surface area contributed by atoms with Crippen molar-refractivity contribution in [3.8, 4) is 0 Å². The Labute approximate surface area is 122 Å². The molecule has 0 saturated heterocycles. The predicted molar refractivity (Wildman–Crippen MR) is 73.1 cm³/mol. The quantitative estimate of drug-likeness (QED) is 0.890. The second kappa shape index (κ2) is 5.61. The van der Waals surface area contributed by atoms with Crippen LogP contribution in [0.2, 0.25) is 5.02 Å². The second-order valence-electron chi connectivity index (χ2n) is 4.11. The lowest BCUT2D eigenvalue weighted by atomic mass is 10.2. The van der Waals surface area contributed by atoms with Crippen molar-refractivity contribution >= 4 is 28.9 Å². The van der Waals surface area contributed by atoms with Crippen LogP contribution in [0.4, 0.5) is 24.5 Å². The highest BCUT2D eigenvalue weighted by molar-refractivity contribution is 6.34. The standard InChI is InChI=1S/C13H9ClF3N3O/c14-9-5-7(13(15,16)17)1-2-11(9)20-12(21)8-6-19-4-3-10(8)18/h1-6H,(H2,18,19)(H,20,21). The summed E-state index contributed by atoms with van der Waals surface area (Å²) >= 11 is 5.75. The average Bonchev–Trinajstić information content (AvgIpc) is 2.40. The van der Waals surface area contributed by atoms with Gasteiger partial charge in [-0.25, -0.2) is 0 Å². The molecule has 110 valence electrons. The SMILES string of the molecule is Nc1ccncc1C(=O)Nc1ccc(C(F)(F)F)cc1Cl. The van der Waals surface area contributed by atoms with Gasteiger partial charge in [0, 0.05) is 18.1 Å². The summed E-state index contributed by atoms with van der Waals surface area (Å²) in [5, 5.41) is 2.17. The third kappa shape index (κ3) is 3.43. The number of carbonyl (C=O) groups excluding carboxylic acids is 1. The molecule has 0 saturated carbocycles. The number of nitrogens with two attached hydrogens (primary N) is 1. The Kier molecular flexibility index (Phi) is 4.04. The Morgan fingerprint density at radius 2 is 2.00 bits per heavy atom. The first kappa shape index (κ1) is 15.1. The Morgan fingerprint density at radius 1 is 1.29 bits per heavy atom. The van der Waals surface area contributed by atoms with Crippen LogP contribution < -0.4 is 11.1 Å². The van der Waals surface area contributed by atoms with Crippen LogP contribution in [0, 0.1) is 0 Å². The second-order valence-corrected chi connectivity index (χ2v) is 4.52. The number of nitrogens with one attached hydrogen (secondary N) is 1. The largest absolute Gasteiger partial charge is 0.416 e. The fourth-order valence-electron chi connectivity index (χ4n) is 1.58. The van der Waals surface area contributed by atoms with Gasteiger partial charge in [-0.2, -0.15) is 13.2 Å². The van der Waals surface area contributed by atoms with Crippen molar-refractivity contribution in [3.63, 3.8) is 0 Å². The molecule has 0 atom stereocenters. The van der Waals surface area contributed by atoms with Crippen molar-refractivity contribution in [2.75, 3.05) is 11.1 Å². The first-order valence-corrected chi connectivity index (χ1v) is 6.04. The van der Waals surface area contributed by atoms with E-state index in [-0.39, 0.29) is 22.0 Å². The van der Waals surface area contributed by atoms with Gasteiger partial charge in [0.1, 0.15) is 0 Å². The molecule has 21 heavy (non-hydrogen) atoms. The number of pyridine rings is 1. The number of amides is 1. The third-order valence-corrected chi connectivity index (χ3v) is 2.96. The molecule has 3 N–H and O–H groups in total. The molecule has 0 fully saturated rings. The number of alkyl halides is 3. The lowest BCUT2D eigenvalue weighted by molar-refractivity contribution is -0.137. The van der Waals surface area contributed by atoms with E-state index in [1.807, 2.05) is 0 Å². The maximum atomic E-state index is 12.5. The zero-order valence-corrected chi connectivity index (χ0v) is 11.2. The van der Waals surface area contributed by atoms with Gasteiger partial charge in [-0.3, -0.25) is 9.78 Å². The predicted octanol–water partition coefficient (Wildman–Crippen LogP) is 3.59. The molecule has 0 radical (unpaired) electrons. The first-order chi connectivity index (χ1) is 9.79. The van der Waals surface area contributed by atoms with E-state index in [0.717, 1.165) is 18.2 Å². The molecule has 8 heteroatoms. The highest BCUT2D eigenvalue weighted by atomic mass is 35.5. The summed E-state index contributed by atoms with van der Waals surface area (Å²) in [7, 11) is 0. The van der Waals surface area contributed by atoms with Crippen molar-refractivity contribution in [1.29, 1.82) is 0 Å². The summed E-state index contributed by atoms with van der Waals surface area (Å²) in [4.78, 5) is 15.7. The molecule has 1 heterocycles. The number of anilines is 2. The average molecular weight is 316 g/mol. The van der Waals surface area contributed by atoms with Crippen LogP contribution in [-0.2, 0) is 6.18 Å². The molecule has 0 aliphatic heterocycles. The summed E-state index contributed by atoms with van der Waals surface area (Å²) in [6, 6.07) is 4.08. The van der Waals surface area contributed by atoms with Gasteiger partial charge < -0.3 is 11.1 Å². The van der Waals surface area contributed by atoms with E-state index < -0.39 is 17.6 Å². The van der Waals surface area contributed by atoms with Crippen LogP contribution in [0.25, 0.3) is 0 Å². The van der Waals surface area contributed by atoms with E-state index in [9.17, 15) is 18.0 Å². The van der Waals surface area contributed by atoms with Crippen LogP contribution in [0.1, 0.15) is 15.9 Å². The minimum Gasteiger partial charge on any atom is -0.398 e. The lowest BCUT2D eigenvalue weighted by Crippen LogP contribution is -2.15. The van der Waals surface area contributed by atoms with E-state index >= 15 is 0 Å². The maximum Gasteiger partial charge on any atom is 0.416 e. The van der Waals surface area contributed by atoms with Crippen molar-refractivity contribution in [1.82, 2.24) is 4.98 Å². The molecule has 0 spiro atoms. The number of halogens is 4. The number of hydrogen-bond donors (Lipinski definition) is 2. The molecule has 0 unspecified atom stereocenters. The Bertz CT molecular complexity index is 689. The van der Waals surface area contributed by atoms with Gasteiger partial charge in [-0.15, -0.1) is 0 Å². The molecule has 0 aliphatic carbocycles. The molecular formula is C13H9ClF3N3O. The van der Waals surface area contributed by atoms with Crippen LogP contribution in [0.15, 0.2) is 36.7 Å². The summed E-state index contributed by atoms with van der Waals surface area (Å²) in [6.45, 7) is 0. The molecule has 1 aromatic carbocycles. The monoisotopic (exact) mass is 315 g/mol. The normalized spacial score (nSPS) is 11.2. The van der Waals surface area contributed by atoms with Gasteiger partial charge in [0.2, 0.25) is 0 Å². The summed E-state index contributed by atoms with van der Waals surface area (Å²) in [5.74, 6) is -0.609. The van der Waals surface area contributed by atoms with Crippen molar-refractivity contribution in [3.05, 3.63) is 52.8 Å². The number of nitrogens with zero attached hydrogens (tertiary/aromatic N) is 1. The van der Waals surface area contributed by atoms with Gasteiger partial charge in [-0.1, -0.05) is 11.6 Å². The smallest absolute Gasteiger partial charge is 0.398 e. The van der Waals surface area contributed by atoms with Crippen LogP contribution in [0.3, 0.4) is 0 Å². The fraction of sp³-hybridized carbons (Fsp3) is 0.0769. The van der Waals surface area contributed by atoms with Gasteiger partial charge in [-0.05, 0) is 24.3 Å². The van der Waals surface area contributed by atoms with Gasteiger partial charge >= 0.3 is 6.18 Å². The fourth-order valence-corrected chi connectivity index (χ4v) is 1.81. The number of rotatable bonds is 2. The zero-order chi connectivity index (χ0) is 15.6. The number of benzene rings is 1. The Morgan fingerprint density at radius 3 is 2.57 bits per heavy atom. The highest BCUT2D eigenvalue weighted by Crippen LogP contribution is 2.33. The Balaban J connectivity index is 2.25. The van der Waals surface area contributed by atoms with Gasteiger partial charge in [0.05, 0.1) is 21.8 Å². The van der Waals surface area contributed by atoms with Crippen LogP contribution in [-0.4, -0.2) is 10.9 Å². The first-order valence-electron chi connectivity index (χ1n) is 5.66. The summed E-state index contributed by atoms with van der Waals surface area (Å²) < 4.78 is 37.5. The van der Waals surface area contributed by atoms with E-state index in [2.05, 4.69) is 10.3 Å². The number of carbonyl (C=O) groups is 1. The minimum absolute atomic E-state index is 0.0536. The summed E-state index contributed by atoms with van der Waals surface area (Å²) in [5.41, 5.74) is 5.07. The lowest BCUT2D eigenvalue weighted by Gasteiger charge is -2.11. The van der Waals surface area contributed by atoms with Gasteiger partial charge in [0.15, 0.2) is 0 Å². The van der Waals surface area contributed by atoms with Crippen molar-refractivity contribution in [2.45, 2.75) is 6.18 Å². The Hall–Kier alpha value is -2.28. The number of hydrogen-bond acceptors (Lipinski definition) is 3. The van der Waals surface area contributed by atoms with Crippen molar-refractivity contribution < 1.29 is 18.0 Å². The maximum absolute atomic E-state index is 12.5. The molecule has 2 rings (SSSR count). The molecule has 0 aliphatic rings. The van der Waals surface area contributed by atoms with Crippen LogP contribution >= 0.6 is 11.6 Å². The van der Waals surface area contributed by atoms with Crippen molar-refractivity contribution in [2.24, 2.45) is 0 Å². The minimum atomic E-state index is -4.50. The molecule has 0 bridgehead atoms. The van der Waals surface area contributed by atoms with E-state index in [4.69, 9.17) is 17.3 Å². The highest BCUT2D eigenvalue weighted by Gasteiger charge is 2.31. The van der Waals surface area contributed by atoms with E-state index in [1.54, 1.807) is 0 Å². The molecule has 1 amide bonds. The third-order valence-electron chi connectivity index (χ3n) is 2.64. The van der Waals surface area contributed by atoms with Crippen LogP contribution in [0.5, 0.6) is 0 Å². The molecular weight excluding hydrogens is 307 g/mol.